The van der Waals surface area contributed by atoms with Crippen LogP contribution in [0.25, 0.3) is 0 Å². The first kappa shape index (κ1) is 13.6. The molecule has 96 valence electrons. The van der Waals surface area contributed by atoms with E-state index in [9.17, 15) is 9.59 Å². The normalized spacial score (nSPS) is 19.4. The number of imide groups is 1. The van der Waals surface area contributed by atoms with Crippen LogP contribution in [0.5, 0.6) is 0 Å². The highest BCUT2D eigenvalue weighted by atomic mass is 79.9. The van der Waals surface area contributed by atoms with Crippen LogP contribution in [0.1, 0.15) is 30.1 Å². The highest BCUT2D eigenvalue weighted by Crippen LogP contribution is 2.27. The summed E-state index contributed by atoms with van der Waals surface area (Å²) in [5.41, 5.74) is 0.438. The summed E-state index contributed by atoms with van der Waals surface area (Å²) in [6.07, 6.45) is 1.37. The Kier molecular flexibility index (Phi) is 4.07. The number of rotatable bonds is 2. The van der Waals surface area contributed by atoms with Gasteiger partial charge in [0.2, 0.25) is 5.91 Å². The van der Waals surface area contributed by atoms with E-state index in [1.54, 1.807) is 18.2 Å². The Morgan fingerprint density at radius 2 is 2.28 bits per heavy atom. The molecular formula is C13H13BrClNO2. The highest BCUT2D eigenvalue weighted by molar-refractivity contribution is 9.10. The van der Waals surface area contributed by atoms with Gasteiger partial charge in [0.05, 0.1) is 5.56 Å². The van der Waals surface area contributed by atoms with Crippen molar-refractivity contribution in [1.29, 1.82) is 0 Å². The third kappa shape index (κ3) is 2.59. The number of amides is 2. The van der Waals surface area contributed by atoms with Gasteiger partial charge in [-0.25, -0.2) is 0 Å². The molecular weight excluding hydrogens is 318 g/mol. The van der Waals surface area contributed by atoms with Gasteiger partial charge in [0, 0.05) is 22.5 Å². The largest absolute Gasteiger partial charge is 0.278 e. The van der Waals surface area contributed by atoms with Crippen molar-refractivity contribution >= 4 is 39.3 Å². The van der Waals surface area contributed by atoms with Gasteiger partial charge in [0.1, 0.15) is 0 Å². The maximum Gasteiger partial charge on any atom is 0.261 e. The fraction of sp³-hybridized carbons (Fsp3) is 0.385. The molecule has 0 aromatic heterocycles. The first-order valence-corrected chi connectivity index (χ1v) is 6.99. The zero-order valence-electron chi connectivity index (χ0n) is 9.95. The minimum absolute atomic E-state index is 0.0984. The molecule has 1 aliphatic rings. The summed E-state index contributed by atoms with van der Waals surface area (Å²) in [6, 6.07) is 5.00. The van der Waals surface area contributed by atoms with E-state index >= 15 is 0 Å². The second-order valence-electron chi connectivity index (χ2n) is 4.41. The number of nitrogens with zero attached hydrogens (tertiary/aromatic N) is 1. The Hall–Kier alpha value is -0.870. The molecule has 1 saturated heterocycles. The highest BCUT2D eigenvalue weighted by Gasteiger charge is 2.33. The Bertz CT molecular complexity index is 504. The SMILES string of the molecule is CCC1CC(=O)N(C(=O)c2cc(Cl)ccc2Br)C1. The molecule has 0 aliphatic carbocycles. The molecule has 2 amide bonds. The van der Waals surface area contributed by atoms with Crippen LogP contribution in [0.15, 0.2) is 22.7 Å². The third-order valence-electron chi connectivity index (χ3n) is 3.19. The number of carbonyl (C=O) groups is 2. The lowest BCUT2D eigenvalue weighted by molar-refractivity contribution is -0.125. The van der Waals surface area contributed by atoms with E-state index in [1.807, 2.05) is 6.92 Å². The Labute approximate surface area is 119 Å². The molecule has 1 aromatic rings. The van der Waals surface area contributed by atoms with E-state index in [1.165, 1.54) is 4.90 Å². The van der Waals surface area contributed by atoms with E-state index in [0.29, 0.717) is 28.0 Å². The van der Waals surface area contributed by atoms with Crippen LogP contribution in [0.2, 0.25) is 5.02 Å². The summed E-state index contributed by atoms with van der Waals surface area (Å²) < 4.78 is 0.657. The number of carbonyl (C=O) groups excluding carboxylic acids is 2. The van der Waals surface area contributed by atoms with Crippen LogP contribution < -0.4 is 0 Å². The predicted molar refractivity (Wildman–Crippen MR) is 73.6 cm³/mol. The second kappa shape index (κ2) is 5.41. The van der Waals surface area contributed by atoms with Gasteiger partial charge < -0.3 is 0 Å². The van der Waals surface area contributed by atoms with Crippen molar-refractivity contribution in [1.82, 2.24) is 4.90 Å². The van der Waals surface area contributed by atoms with Gasteiger partial charge in [0.25, 0.3) is 5.91 Å². The molecule has 2 rings (SSSR count). The van der Waals surface area contributed by atoms with Crippen molar-refractivity contribution < 1.29 is 9.59 Å². The Morgan fingerprint density at radius 3 is 2.89 bits per heavy atom. The standard InChI is InChI=1S/C13H13BrClNO2/c1-2-8-5-12(17)16(7-8)13(18)10-6-9(15)3-4-11(10)14/h3-4,6,8H,2,5,7H2,1H3. The number of benzene rings is 1. The molecule has 0 spiro atoms. The fourth-order valence-electron chi connectivity index (χ4n) is 2.06. The smallest absolute Gasteiger partial charge is 0.261 e. The van der Waals surface area contributed by atoms with Crippen LogP contribution >= 0.6 is 27.5 Å². The van der Waals surface area contributed by atoms with Crippen LogP contribution in [0.4, 0.5) is 0 Å². The Balaban J connectivity index is 2.26. The summed E-state index contributed by atoms with van der Waals surface area (Å²) in [4.78, 5) is 25.4. The van der Waals surface area contributed by atoms with Crippen molar-refractivity contribution in [2.45, 2.75) is 19.8 Å². The molecule has 1 aromatic carbocycles. The predicted octanol–water partition coefficient (Wildman–Crippen LogP) is 3.50. The Morgan fingerprint density at radius 1 is 1.56 bits per heavy atom. The summed E-state index contributed by atoms with van der Waals surface area (Å²) in [5, 5.41) is 0.486. The molecule has 18 heavy (non-hydrogen) atoms. The van der Waals surface area contributed by atoms with E-state index in [2.05, 4.69) is 15.9 Å². The third-order valence-corrected chi connectivity index (χ3v) is 4.11. The topological polar surface area (TPSA) is 37.4 Å². The van der Waals surface area contributed by atoms with Gasteiger partial charge in [-0.1, -0.05) is 24.9 Å². The zero-order valence-corrected chi connectivity index (χ0v) is 12.3. The van der Waals surface area contributed by atoms with Crippen molar-refractivity contribution in [3.05, 3.63) is 33.3 Å². The molecule has 0 bridgehead atoms. The van der Waals surface area contributed by atoms with Crippen molar-refractivity contribution in [2.75, 3.05) is 6.54 Å². The number of halogens is 2. The maximum absolute atomic E-state index is 12.3. The lowest BCUT2D eigenvalue weighted by Crippen LogP contribution is -2.32. The lowest BCUT2D eigenvalue weighted by Gasteiger charge is -2.15. The van der Waals surface area contributed by atoms with Crippen molar-refractivity contribution in [3.63, 3.8) is 0 Å². The minimum atomic E-state index is -0.273. The first-order chi connectivity index (χ1) is 8.52. The summed E-state index contributed by atoms with van der Waals surface area (Å²) in [6.45, 7) is 2.54. The summed E-state index contributed by atoms with van der Waals surface area (Å²) >= 11 is 9.20. The molecule has 3 nitrogen and oxygen atoms in total. The average molecular weight is 331 g/mol. The molecule has 0 radical (unpaired) electrons. The van der Waals surface area contributed by atoms with Crippen LogP contribution in [-0.2, 0) is 4.79 Å². The van der Waals surface area contributed by atoms with Crippen molar-refractivity contribution in [3.8, 4) is 0 Å². The van der Waals surface area contributed by atoms with Gasteiger partial charge >= 0.3 is 0 Å². The fourth-order valence-corrected chi connectivity index (χ4v) is 2.65. The van der Waals surface area contributed by atoms with Gasteiger partial charge in [-0.3, -0.25) is 14.5 Å². The first-order valence-electron chi connectivity index (χ1n) is 5.82. The molecule has 1 heterocycles. The van der Waals surface area contributed by atoms with Gasteiger partial charge in [-0.2, -0.15) is 0 Å². The van der Waals surface area contributed by atoms with E-state index in [0.717, 1.165) is 6.42 Å². The monoisotopic (exact) mass is 329 g/mol. The van der Waals surface area contributed by atoms with Gasteiger partial charge in [-0.05, 0) is 40.0 Å². The van der Waals surface area contributed by atoms with Crippen molar-refractivity contribution in [2.24, 2.45) is 5.92 Å². The lowest BCUT2D eigenvalue weighted by atomic mass is 10.1. The molecule has 1 aliphatic heterocycles. The van der Waals surface area contributed by atoms with E-state index < -0.39 is 0 Å². The minimum Gasteiger partial charge on any atom is -0.278 e. The maximum atomic E-state index is 12.3. The molecule has 0 N–H and O–H groups in total. The molecule has 1 fully saturated rings. The molecule has 0 saturated carbocycles. The average Bonchev–Trinajstić information content (AvgIpc) is 2.73. The molecule has 1 atom stereocenters. The van der Waals surface area contributed by atoms with Gasteiger partial charge in [0.15, 0.2) is 0 Å². The number of hydrogen-bond donors (Lipinski definition) is 0. The summed E-state index contributed by atoms with van der Waals surface area (Å²) in [5.74, 6) is -0.0940. The van der Waals surface area contributed by atoms with Crippen LogP contribution in [-0.4, -0.2) is 23.3 Å². The number of hydrogen-bond acceptors (Lipinski definition) is 2. The molecule has 1 unspecified atom stereocenters. The van der Waals surface area contributed by atoms with Gasteiger partial charge in [-0.15, -0.1) is 0 Å². The van der Waals surface area contributed by atoms with Crippen LogP contribution in [0, 0.1) is 5.92 Å². The zero-order chi connectivity index (χ0) is 13.3. The van der Waals surface area contributed by atoms with E-state index in [-0.39, 0.29) is 17.7 Å². The van der Waals surface area contributed by atoms with Crippen LogP contribution in [0.3, 0.4) is 0 Å². The number of likely N-dealkylation sites (tertiary alicyclic amines) is 1. The van der Waals surface area contributed by atoms with E-state index in [4.69, 9.17) is 11.6 Å². The summed E-state index contributed by atoms with van der Waals surface area (Å²) in [7, 11) is 0. The molecule has 5 heteroatoms. The quantitative estimate of drug-likeness (QED) is 0.778. The second-order valence-corrected chi connectivity index (χ2v) is 5.70.